The topological polar surface area (TPSA) is 70.2 Å². The average Bonchev–Trinajstić information content (AvgIpc) is 3.12. The summed E-state index contributed by atoms with van der Waals surface area (Å²) in [6.45, 7) is 2.12. The van der Waals surface area contributed by atoms with Crippen LogP contribution in [0, 0.1) is 0 Å². The number of aromatic nitrogens is 2. The molecule has 0 saturated carbocycles. The van der Waals surface area contributed by atoms with Gasteiger partial charge in [-0.1, -0.05) is 0 Å². The van der Waals surface area contributed by atoms with E-state index in [-0.39, 0.29) is 6.03 Å². The van der Waals surface area contributed by atoms with Gasteiger partial charge in [0.1, 0.15) is 5.82 Å². The Kier molecular flexibility index (Phi) is 3.78. The van der Waals surface area contributed by atoms with Gasteiger partial charge in [-0.15, -0.1) is 11.3 Å². The predicted molar refractivity (Wildman–Crippen MR) is 80.4 cm³/mol. The highest BCUT2D eigenvalue weighted by atomic mass is 32.1. The maximum Gasteiger partial charge on any atom is 0.325 e. The lowest BCUT2D eigenvalue weighted by atomic mass is 10.4. The van der Waals surface area contributed by atoms with Crippen LogP contribution in [0.3, 0.4) is 0 Å². The molecule has 3 heterocycles. The second kappa shape index (κ2) is 5.87. The standard InChI is InChI=1S/C13H15N5OS/c19-12(17-13-14-5-8-20-13)16-10-3-4-11(15-9-10)18-6-1-2-7-18/h3-5,8-9H,1-2,6-7H2,(H2,14,16,17,19). The van der Waals surface area contributed by atoms with Crippen molar-refractivity contribution >= 4 is 34.0 Å². The van der Waals surface area contributed by atoms with Crippen LogP contribution in [0.2, 0.25) is 0 Å². The normalized spacial score (nSPS) is 14.3. The first-order valence-electron chi connectivity index (χ1n) is 6.50. The summed E-state index contributed by atoms with van der Waals surface area (Å²) in [6.07, 6.45) is 5.76. The van der Waals surface area contributed by atoms with Crippen molar-refractivity contribution < 1.29 is 4.79 Å². The molecule has 2 N–H and O–H groups in total. The first-order valence-corrected chi connectivity index (χ1v) is 7.38. The lowest BCUT2D eigenvalue weighted by molar-refractivity contribution is 0.262. The third-order valence-electron chi connectivity index (χ3n) is 3.09. The van der Waals surface area contributed by atoms with Crippen LogP contribution in [0.1, 0.15) is 12.8 Å². The molecular weight excluding hydrogens is 274 g/mol. The van der Waals surface area contributed by atoms with Gasteiger partial charge in [0.15, 0.2) is 5.13 Å². The number of anilines is 3. The van der Waals surface area contributed by atoms with Gasteiger partial charge in [0.05, 0.1) is 11.9 Å². The van der Waals surface area contributed by atoms with Gasteiger partial charge in [0.2, 0.25) is 0 Å². The van der Waals surface area contributed by atoms with Crippen LogP contribution < -0.4 is 15.5 Å². The second-order valence-electron chi connectivity index (χ2n) is 4.52. The molecule has 0 aliphatic carbocycles. The molecule has 0 unspecified atom stereocenters. The lowest BCUT2D eigenvalue weighted by Gasteiger charge is -2.16. The van der Waals surface area contributed by atoms with Crippen LogP contribution in [-0.2, 0) is 0 Å². The van der Waals surface area contributed by atoms with Crippen LogP contribution in [-0.4, -0.2) is 29.1 Å². The molecule has 2 aromatic heterocycles. The van der Waals surface area contributed by atoms with Gasteiger partial charge in [-0.05, 0) is 25.0 Å². The van der Waals surface area contributed by atoms with Crippen molar-refractivity contribution in [3.63, 3.8) is 0 Å². The zero-order chi connectivity index (χ0) is 13.8. The van der Waals surface area contributed by atoms with Crippen molar-refractivity contribution in [1.29, 1.82) is 0 Å². The van der Waals surface area contributed by atoms with E-state index in [4.69, 9.17) is 0 Å². The fourth-order valence-corrected chi connectivity index (χ4v) is 2.66. The third-order valence-corrected chi connectivity index (χ3v) is 3.78. The van der Waals surface area contributed by atoms with Gasteiger partial charge >= 0.3 is 6.03 Å². The van der Waals surface area contributed by atoms with E-state index < -0.39 is 0 Å². The first-order chi connectivity index (χ1) is 9.81. The number of hydrogen-bond acceptors (Lipinski definition) is 5. The lowest BCUT2D eigenvalue weighted by Crippen LogP contribution is -2.20. The van der Waals surface area contributed by atoms with Crippen molar-refractivity contribution in [2.45, 2.75) is 12.8 Å². The van der Waals surface area contributed by atoms with Crippen LogP contribution in [0.15, 0.2) is 29.9 Å². The Morgan fingerprint density at radius 2 is 2.05 bits per heavy atom. The molecule has 104 valence electrons. The van der Waals surface area contributed by atoms with Gasteiger partial charge in [-0.25, -0.2) is 14.8 Å². The number of carbonyl (C=O) groups is 1. The van der Waals surface area contributed by atoms with Crippen LogP contribution in [0.4, 0.5) is 21.4 Å². The second-order valence-corrected chi connectivity index (χ2v) is 5.41. The number of thiazole rings is 1. The van der Waals surface area contributed by atoms with Crippen LogP contribution >= 0.6 is 11.3 Å². The highest BCUT2D eigenvalue weighted by Gasteiger charge is 2.13. The molecule has 2 aromatic rings. The van der Waals surface area contributed by atoms with E-state index >= 15 is 0 Å². The van der Waals surface area contributed by atoms with Gasteiger partial charge < -0.3 is 10.2 Å². The fourth-order valence-electron chi connectivity index (χ4n) is 2.14. The Balaban J connectivity index is 1.58. The Hall–Kier alpha value is -2.15. The molecule has 0 aromatic carbocycles. The molecule has 6 nitrogen and oxygen atoms in total. The molecule has 1 saturated heterocycles. The summed E-state index contributed by atoms with van der Waals surface area (Å²) in [5.41, 5.74) is 0.669. The van der Waals surface area contributed by atoms with Crippen LogP contribution in [0.5, 0.6) is 0 Å². The van der Waals surface area contributed by atoms with E-state index in [9.17, 15) is 4.79 Å². The highest BCUT2D eigenvalue weighted by molar-refractivity contribution is 7.13. The highest BCUT2D eigenvalue weighted by Crippen LogP contribution is 2.19. The molecule has 7 heteroatoms. The summed E-state index contributed by atoms with van der Waals surface area (Å²) >= 11 is 1.38. The summed E-state index contributed by atoms with van der Waals surface area (Å²) in [4.78, 5) is 22.3. The van der Waals surface area contributed by atoms with Crippen molar-refractivity contribution in [2.75, 3.05) is 28.6 Å². The minimum atomic E-state index is -0.310. The molecule has 0 atom stereocenters. The van der Waals surface area contributed by atoms with E-state index in [0.717, 1.165) is 18.9 Å². The summed E-state index contributed by atoms with van der Waals surface area (Å²) in [5.74, 6) is 0.966. The molecule has 1 aliphatic heterocycles. The quantitative estimate of drug-likeness (QED) is 0.911. The van der Waals surface area contributed by atoms with Gasteiger partial charge in [-0.3, -0.25) is 5.32 Å². The van der Waals surface area contributed by atoms with Gasteiger partial charge in [-0.2, -0.15) is 0 Å². The van der Waals surface area contributed by atoms with Gasteiger partial charge in [0, 0.05) is 24.7 Å². The van der Waals surface area contributed by atoms with Crippen molar-refractivity contribution in [1.82, 2.24) is 9.97 Å². The summed E-state index contributed by atoms with van der Waals surface area (Å²) < 4.78 is 0. The van der Waals surface area contributed by atoms with Gasteiger partial charge in [0.25, 0.3) is 0 Å². The molecule has 0 bridgehead atoms. The number of carbonyl (C=O) groups excluding carboxylic acids is 1. The molecule has 20 heavy (non-hydrogen) atoms. The van der Waals surface area contributed by atoms with E-state index in [2.05, 4.69) is 25.5 Å². The van der Waals surface area contributed by atoms with Crippen molar-refractivity contribution in [3.8, 4) is 0 Å². The van der Waals surface area contributed by atoms with Crippen LogP contribution in [0.25, 0.3) is 0 Å². The number of nitrogens with one attached hydrogen (secondary N) is 2. The van der Waals surface area contributed by atoms with E-state index in [1.165, 1.54) is 24.2 Å². The molecule has 0 radical (unpaired) electrons. The maximum absolute atomic E-state index is 11.7. The number of amides is 2. The Morgan fingerprint density at radius 1 is 1.20 bits per heavy atom. The monoisotopic (exact) mass is 289 g/mol. The predicted octanol–water partition coefficient (Wildman–Crippen LogP) is 2.78. The largest absolute Gasteiger partial charge is 0.357 e. The minimum Gasteiger partial charge on any atom is -0.357 e. The summed E-state index contributed by atoms with van der Waals surface area (Å²) in [7, 11) is 0. The molecule has 1 fully saturated rings. The molecule has 0 spiro atoms. The number of urea groups is 1. The fraction of sp³-hybridized carbons (Fsp3) is 0.308. The van der Waals surface area contributed by atoms with E-state index in [1.54, 1.807) is 12.4 Å². The third kappa shape index (κ3) is 3.05. The molecule has 1 aliphatic rings. The Bertz CT molecular complexity index is 563. The minimum absolute atomic E-state index is 0.310. The number of rotatable bonds is 3. The van der Waals surface area contributed by atoms with Crippen molar-refractivity contribution in [3.05, 3.63) is 29.9 Å². The molecule has 2 amide bonds. The summed E-state index contributed by atoms with van der Waals surface area (Å²) in [5, 5.41) is 7.77. The SMILES string of the molecule is O=C(Nc1ccc(N2CCCC2)nc1)Nc1nccs1. The first kappa shape index (κ1) is 12.9. The van der Waals surface area contributed by atoms with Crippen molar-refractivity contribution in [2.24, 2.45) is 0 Å². The maximum atomic E-state index is 11.7. The number of nitrogens with zero attached hydrogens (tertiary/aromatic N) is 3. The average molecular weight is 289 g/mol. The summed E-state index contributed by atoms with van der Waals surface area (Å²) in [6, 6.07) is 3.49. The Labute approximate surface area is 120 Å². The smallest absolute Gasteiger partial charge is 0.325 e. The number of pyridine rings is 1. The van der Waals surface area contributed by atoms with E-state index in [1.807, 2.05) is 17.5 Å². The zero-order valence-corrected chi connectivity index (χ0v) is 11.7. The molecule has 3 rings (SSSR count). The zero-order valence-electron chi connectivity index (χ0n) is 10.9. The van der Waals surface area contributed by atoms with E-state index in [0.29, 0.717) is 10.8 Å². The Morgan fingerprint density at radius 3 is 2.70 bits per heavy atom. The molecular formula is C13H15N5OS. The number of hydrogen-bond donors (Lipinski definition) is 2.